The quantitative estimate of drug-likeness (QED) is 0.379. The van der Waals surface area contributed by atoms with Gasteiger partial charge in [0.1, 0.15) is 0 Å². The van der Waals surface area contributed by atoms with Crippen LogP contribution in [0.5, 0.6) is 0 Å². The van der Waals surface area contributed by atoms with Crippen LogP contribution in [0.15, 0.2) is 0 Å². The van der Waals surface area contributed by atoms with Gasteiger partial charge in [-0.1, -0.05) is 13.8 Å². The van der Waals surface area contributed by atoms with Crippen LogP contribution < -0.4 is 0 Å². The summed E-state index contributed by atoms with van der Waals surface area (Å²) in [5.41, 5.74) is 0. The van der Waals surface area contributed by atoms with Crippen molar-refractivity contribution >= 4 is 14.1 Å². The molecule has 1 heterocycles. The van der Waals surface area contributed by atoms with E-state index < -0.39 is 0 Å². The molecule has 0 fully saturated rings. The van der Waals surface area contributed by atoms with Crippen LogP contribution in [-0.4, -0.2) is 28.6 Å². The molecule has 0 spiro atoms. The summed E-state index contributed by atoms with van der Waals surface area (Å²) in [5.74, 6) is 0. The standard InChI is InChI=1S/C9H18NOP/c1-4-12(5-2)9(3)7-6-8-10(9)11/h8H,4-7H2,1-3H3. The SMILES string of the molecule is CCP(CC)C1(C)CCC=[N+]1[O-]. The van der Waals surface area contributed by atoms with Gasteiger partial charge in [-0.15, -0.1) is 0 Å². The molecule has 1 rings (SSSR count). The van der Waals surface area contributed by atoms with Crippen molar-refractivity contribution in [3.8, 4) is 0 Å². The molecule has 0 bridgehead atoms. The van der Waals surface area contributed by atoms with Crippen LogP contribution >= 0.6 is 7.92 Å². The van der Waals surface area contributed by atoms with E-state index in [1.165, 1.54) is 17.1 Å². The van der Waals surface area contributed by atoms with E-state index in [9.17, 15) is 5.21 Å². The minimum atomic E-state index is -0.0966. The van der Waals surface area contributed by atoms with Crippen LogP contribution in [0.2, 0.25) is 0 Å². The molecule has 0 saturated heterocycles. The van der Waals surface area contributed by atoms with Gasteiger partial charge in [-0.3, -0.25) is 0 Å². The zero-order valence-electron chi connectivity index (χ0n) is 8.21. The molecule has 12 heavy (non-hydrogen) atoms. The molecule has 3 heteroatoms. The predicted octanol–water partition coefficient (Wildman–Crippen LogP) is 2.60. The molecule has 0 aromatic rings. The molecule has 0 radical (unpaired) electrons. The van der Waals surface area contributed by atoms with Crippen molar-refractivity contribution < 1.29 is 4.74 Å². The van der Waals surface area contributed by atoms with Crippen LogP contribution in [0.4, 0.5) is 0 Å². The van der Waals surface area contributed by atoms with Gasteiger partial charge in [0.2, 0.25) is 0 Å². The van der Waals surface area contributed by atoms with Crippen molar-refractivity contribution in [1.82, 2.24) is 0 Å². The third-order valence-corrected chi connectivity index (χ3v) is 6.14. The lowest BCUT2D eigenvalue weighted by molar-refractivity contribution is -0.502. The first kappa shape index (κ1) is 9.98. The fourth-order valence-corrected chi connectivity index (χ4v) is 4.58. The van der Waals surface area contributed by atoms with E-state index in [1.807, 2.05) is 0 Å². The van der Waals surface area contributed by atoms with Crippen LogP contribution in [0, 0.1) is 5.21 Å². The lowest BCUT2D eigenvalue weighted by atomic mass is 10.2. The summed E-state index contributed by atoms with van der Waals surface area (Å²) >= 11 is 0. The molecule has 0 saturated carbocycles. The third-order valence-electron chi connectivity index (χ3n) is 2.83. The van der Waals surface area contributed by atoms with Crippen LogP contribution in [-0.2, 0) is 0 Å². The highest BCUT2D eigenvalue weighted by atomic mass is 31.1. The number of nitrogens with zero attached hydrogens (tertiary/aromatic N) is 1. The molecule has 0 N–H and O–H groups in total. The van der Waals surface area contributed by atoms with Crippen molar-refractivity contribution in [1.29, 1.82) is 0 Å². The van der Waals surface area contributed by atoms with Gasteiger partial charge >= 0.3 is 0 Å². The largest absolute Gasteiger partial charge is 0.623 e. The number of hydrogen-bond donors (Lipinski definition) is 0. The average molecular weight is 187 g/mol. The molecule has 1 atom stereocenters. The average Bonchev–Trinajstić information content (AvgIpc) is 2.36. The van der Waals surface area contributed by atoms with Gasteiger partial charge in [0.25, 0.3) is 0 Å². The molecule has 1 aliphatic heterocycles. The van der Waals surface area contributed by atoms with E-state index in [1.54, 1.807) is 6.21 Å². The van der Waals surface area contributed by atoms with Gasteiger partial charge in [-0.05, 0) is 20.2 Å². The molecule has 1 unspecified atom stereocenters. The van der Waals surface area contributed by atoms with Crippen molar-refractivity contribution in [2.45, 2.75) is 38.9 Å². The van der Waals surface area contributed by atoms with Gasteiger partial charge < -0.3 is 5.21 Å². The second-order valence-electron chi connectivity index (χ2n) is 3.44. The van der Waals surface area contributed by atoms with Crippen molar-refractivity contribution in [2.24, 2.45) is 0 Å². The Labute approximate surface area is 76.0 Å². The Balaban J connectivity index is 2.76. The zero-order valence-corrected chi connectivity index (χ0v) is 9.10. The van der Waals surface area contributed by atoms with E-state index in [0.29, 0.717) is 0 Å². The maximum absolute atomic E-state index is 11.5. The maximum atomic E-state index is 11.5. The van der Waals surface area contributed by atoms with Crippen molar-refractivity contribution in [3.63, 3.8) is 0 Å². The Kier molecular flexibility index (Phi) is 3.11. The Morgan fingerprint density at radius 3 is 2.42 bits per heavy atom. The summed E-state index contributed by atoms with van der Waals surface area (Å²) < 4.78 is 1.21. The van der Waals surface area contributed by atoms with Gasteiger partial charge in [-0.2, -0.15) is 0 Å². The van der Waals surface area contributed by atoms with E-state index >= 15 is 0 Å². The Bertz CT molecular complexity index is 189. The van der Waals surface area contributed by atoms with Crippen LogP contribution in [0.25, 0.3) is 0 Å². The number of hydrogen-bond acceptors (Lipinski definition) is 1. The highest BCUT2D eigenvalue weighted by Crippen LogP contribution is 2.53. The van der Waals surface area contributed by atoms with E-state index in [-0.39, 0.29) is 13.2 Å². The summed E-state index contributed by atoms with van der Waals surface area (Å²) in [6, 6.07) is 0. The third kappa shape index (κ3) is 1.50. The first-order chi connectivity index (χ1) is 5.65. The maximum Gasteiger partial charge on any atom is 0.186 e. The minimum Gasteiger partial charge on any atom is -0.623 e. The lowest BCUT2D eigenvalue weighted by Gasteiger charge is -2.31. The molecule has 1 aliphatic rings. The Morgan fingerprint density at radius 1 is 1.50 bits per heavy atom. The Hall–Kier alpha value is -0.100. The van der Waals surface area contributed by atoms with E-state index in [4.69, 9.17) is 0 Å². The predicted molar refractivity (Wildman–Crippen MR) is 55.3 cm³/mol. The number of rotatable bonds is 3. The summed E-state index contributed by atoms with van der Waals surface area (Å²) in [6.45, 7) is 6.53. The number of hydroxylamine groups is 1. The fraction of sp³-hybridized carbons (Fsp3) is 0.889. The van der Waals surface area contributed by atoms with Gasteiger partial charge in [-0.25, -0.2) is 4.74 Å². The van der Waals surface area contributed by atoms with Gasteiger partial charge in [0.05, 0.1) is 0 Å². The molecule has 70 valence electrons. The molecule has 0 aliphatic carbocycles. The molecule has 2 nitrogen and oxygen atoms in total. The molecular formula is C9H18NOP. The first-order valence-electron chi connectivity index (χ1n) is 4.70. The normalized spacial score (nSPS) is 29.5. The fourth-order valence-electron chi connectivity index (χ4n) is 1.96. The molecular weight excluding hydrogens is 169 g/mol. The summed E-state index contributed by atoms with van der Waals surface area (Å²) in [4.78, 5) is 0. The first-order valence-corrected chi connectivity index (χ1v) is 6.41. The highest BCUT2D eigenvalue weighted by molar-refractivity contribution is 7.58. The minimum absolute atomic E-state index is 0.0428. The molecule has 0 aromatic heterocycles. The summed E-state index contributed by atoms with van der Waals surface area (Å²) in [7, 11) is -0.0966. The topological polar surface area (TPSA) is 26.1 Å². The van der Waals surface area contributed by atoms with Crippen LogP contribution in [0.1, 0.15) is 33.6 Å². The summed E-state index contributed by atoms with van der Waals surface area (Å²) in [6.07, 6.45) is 6.19. The highest BCUT2D eigenvalue weighted by Gasteiger charge is 2.42. The monoisotopic (exact) mass is 187 g/mol. The molecule has 0 aromatic carbocycles. The zero-order chi connectivity index (χ0) is 9.19. The van der Waals surface area contributed by atoms with Gasteiger partial charge in [0, 0.05) is 19.8 Å². The van der Waals surface area contributed by atoms with Crippen molar-refractivity contribution in [2.75, 3.05) is 12.3 Å². The van der Waals surface area contributed by atoms with Gasteiger partial charge in [0.15, 0.2) is 11.5 Å². The lowest BCUT2D eigenvalue weighted by Crippen LogP contribution is -2.31. The second-order valence-corrected chi connectivity index (χ2v) is 6.74. The smallest absolute Gasteiger partial charge is 0.186 e. The molecule has 0 amide bonds. The second kappa shape index (κ2) is 3.74. The van der Waals surface area contributed by atoms with Crippen molar-refractivity contribution in [3.05, 3.63) is 5.21 Å². The summed E-state index contributed by atoms with van der Waals surface area (Å²) in [5, 5.41) is 11.5. The Morgan fingerprint density at radius 2 is 2.08 bits per heavy atom. The van der Waals surface area contributed by atoms with E-state index in [2.05, 4.69) is 20.8 Å². The van der Waals surface area contributed by atoms with Crippen LogP contribution in [0.3, 0.4) is 0 Å². The van der Waals surface area contributed by atoms with E-state index in [0.717, 1.165) is 12.8 Å².